The molecular weight excluding hydrogens is 363 g/mol. The third-order valence-corrected chi connectivity index (χ3v) is 4.90. The van der Waals surface area contributed by atoms with Gasteiger partial charge in [-0.25, -0.2) is 4.98 Å². The zero-order valence-electron chi connectivity index (χ0n) is 12.2. The highest BCUT2D eigenvalue weighted by Gasteiger charge is 2.17. The van der Waals surface area contributed by atoms with Gasteiger partial charge in [0.1, 0.15) is 12.2 Å². The third-order valence-electron chi connectivity index (χ3n) is 3.43. The average molecular weight is 384 g/mol. The van der Waals surface area contributed by atoms with Crippen LogP contribution in [-0.2, 0) is 13.5 Å². The van der Waals surface area contributed by atoms with Crippen LogP contribution in [0.2, 0.25) is 0 Å². The minimum atomic E-state index is 0.282. The second-order valence-corrected chi connectivity index (χ2v) is 6.07. The molecule has 0 amide bonds. The third kappa shape index (κ3) is 3.58. The lowest BCUT2D eigenvalue weighted by atomic mass is 10.0. The van der Waals surface area contributed by atoms with Crippen LogP contribution < -0.4 is 5.32 Å². The summed E-state index contributed by atoms with van der Waals surface area (Å²) in [5.74, 6) is 1.01. The minimum Gasteiger partial charge on any atom is -0.310 e. The molecule has 108 valence electrons. The van der Waals surface area contributed by atoms with Crippen molar-refractivity contribution in [3.63, 3.8) is 0 Å². The number of benzene rings is 1. The summed E-state index contributed by atoms with van der Waals surface area (Å²) in [4.78, 5) is 4.35. The van der Waals surface area contributed by atoms with Gasteiger partial charge >= 0.3 is 0 Å². The highest BCUT2D eigenvalue weighted by Crippen LogP contribution is 2.25. The SMILES string of the molecule is CCCNC(Cc1ncnn1C)c1cccc(C)c1I. The monoisotopic (exact) mass is 384 g/mol. The molecule has 0 spiro atoms. The molecule has 0 bridgehead atoms. The second-order valence-electron chi connectivity index (χ2n) is 4.99. The topological polar surface area (TPSA) is 42.7 Å². The van der Waals surface area contributed by atoms with Gasteiger partial charge in [0, 0.05) is 23.1 Å². The van der Waals surface area contributed by atoms with E-state index in [0.29, 0.717) is 0 Å². The van der Waals surface area contributed by atoms with Gasteiger partial charge in [-0.1, -0.05) is 25.1 Å². The van der Waals surface area contributed by atoms with Gasteiger partial charge in [0.25, 0.3) is 0 Å². The van der Waals surface area contributed by atoms with Crippen molar-refractivity contribution < 1.29 is 0 Å². The van der Waals surface area contributed by atoms with Gasteiger partial charge in [-0.2, -0.15) is 5.10 Å². The fourth-order valence-electron chi connectivity index (χ4n) is 2.24. The van der Waals surface area contributed by atoms with Crippen LogP contribution >= 0.6 is 22.6 Å². The van der Waals surface area contributed by atoms with Gasteiger partial charge in [-0.3, -0.25) is 4.68 Å². The Morgan fingerprint density at radius 3 is 2.85 bits per heavy atom. The van der Waals surface area contributed by atoms with E-state index in [1.54, 1.807) is 6.33 Å². The first-order valence-corrected chi connectivity index (χ1v) is 8.02. The summed E-state index contributed by atoms with van der Waals surface area (Å²) >= 11 is 2.44. The molecule has 4 nitrogen and oxygen atoms in total. The molecule has 0 aliphatic rings. The maximum atomic E-state index is 4.35. The molecule has 0 radical (unpaired) electrons. The maximum absolute atomic E-state index is 4.35. The van der Waals surface area contributed by atoms with Crippen LogP contribution in [0.1, 0.15) is 36.3 Å². The van der Waals surface area contributed by atoms with E-state index in [1.165, 1.54) is 14.7 Å². The molecule has 1 atom stereocenters. The molecule has 0 aliphatic carbocycles. The molecule has 2 aromatic rings. The van der Waals surface area contributed by atoms with Crippen molar-refractivity contribution in [2.75, 3.05) is 6.54 Å². The molecular formula is C15H21IN4. The van der Waals surface area contributed by atoms with E-state index >= 15 is 0 Å². The lowest BCUT2D eigenvalue weighted by molar-refractivity contribution is 0.504. The number of hydrogen-bond acceptors (Lipinski definition) is 3. The van der Waals surface area contributed by atoms with Gasteiger partial charge in [0.05, 0.1) is 0 Å². The summed E-state index contributed by atoms with van der Waals surface area (Å²) < 4.78 is 3.18. The van der Waals surface area contributed by atoms with Crippen molar-refractivity contribution in [2.24, 2.45) is 7.05 Å². The molecule has 2 rings (SSSR count). The number of nitrogens with one attached hydrogen (secondary N) is 1. The fourth-order valence-corrected chi connectivity index (χ4v) is 2.97. The van der Waals surface area contributed by atoms with Gasteiger partial charge in [0.15, 0.2) is 0 Å². The predicted octanol–water partition coefficient (Wildman–Crippen LogP) is 3.01. The van der Waals surface area contributed by atoms with Crippen LogP contribution in [0.4, 0.5) is 0 Å². The fraction of sp³-hybridized carbons (Fsp3) is 0.467. The molecule has 20 heavy (non-hydrogen) atoms. The Hall–Kier alpha value is -0.950. The lowest BCUT2D eigenvalue weighted by Crippen LogP contribution is -2.26. The van der Waals surface area contributed by atoms with E-state index in [1.807, 2.05) is 11.7 Å². The summed E-state index contributed by atoms with van der Waals surface area (Å²) in [6, 6.07) is 6.78. The van der Waals surface area contributed by atoms with Crippen molar-refractivity contribution in [1.82, 2.24) is 20.1 Å². The molecule has 1 unspecified atom stereocenters. The molecule has 0 aliphatic heterocycles. The molecule has 0 fully saturated rings. The highest BCUT2D eigenvalue weighted by molar-refractivity contribution is 14.1. The smallest absolute Gasteiger partial charge is 0.138 e. The van der Waals surface area contributed by atoms with Crippen LogP contribution in [0.5, 0.6) is 0 Å². The Labute approximate surface area is 134 Å². The largest absolute Gasteiger partial charge is 0.310 e. The minimum absolute atomic E-state index is 0.282. The first kappa shape index (κ1) is 15.4. The Bertz CT molecular complexity index is 565. The van der Waals surface area contributed by atoms with Crippen molar-refractivity contribution in [1.29, 1.82) is 0 Å². The van der Waals surface area contributed by atoms with Crippen LogP contribution in [0.15, 0.2) is 24.5 Å². The molecule has 1 aromatic carbocycles. The summed E-state index contributed by atoms with van der Waals surface area (Å²) in [6.45, 7) is 5.35. The summed E-state index contributed by atoms with van der Waals surface area (Å²) in [6.07, 6.45) is 3.60. The maximum Gasteiger partial charge on any atom is 0.138 e. The van der Waals surface area contributed by atoms with Crippen molar-refractivity contribution in [2.45, 2.75) is 32.7 Å². The summed E-state index contributed by atoms with van der Waals surface area (Å²) in [5, 5.41) is 7.79. The van der Waals surface area contributed by atoms with Crippen LogP contribution in [0.3, 0.4) is 0 Å². The zero-order chi connectivity index (χ0) is 14.5. The number of aryl methyl sites for hydroxylation is 2. The van der Waals surface area contributed by atoms with E-state index in [9.17, 15) is 0 Å². The quantitative estimate of drug-likeness (QED) is 0.779. The molecule has 1 aromatic heterocycles. The number of hydrogen-bond donors (Lipinski definition) is 1. The standard InChI is InChI=1S/C15H21IN4/c1-4-8-17-13(9-14-18-10-19-20(14)3)12-7-5-6-11(2)15(12)16/h5-7,10,13,17H,4,8-9H2,1-3H3. The van der Waals surface area contributed by atoms with E-state index in [4.69, 9.17) is 0 Å². The van der Waals surface area contributed by atoms with E-state index in [0.717, 1.165) is 25.2 Å². The molecule has 0 saturated carbocycles. The Balaban J connectivity index is 2.27. The molecule has 0 saturated heterocycles. The number of rotatable bonds is 6. The van der Waals surface area contributed by atoms with E-state index < -0.39 is 0 Å². The Morgan fingerprint density at radius 1 is 1.40 bits per heavy atom. The predicted molar refractivity (Wildman–Crippen MR) is 89.6 cm³/mol. The molecule has 1 N–H and O–H groups in total. The van der Waals surface area contributed by atoms with E-state index in [2.05, 4.69) is 70.0 Å². The van der Waals surface area contributed by atoms with Crippen LogP contribution in [0, 0.1) is 10.5 Å². The first-order chi connectivity index (χ1) is 9.63. The van der Waals surface area contributed by atoms with Crippen molar-refractivity contribution in [3.8, 4) is 0 Å². The Morgan fingerprint density at radius 2 is 2.20 bits per heavy atom. The van der Waals surface area contributed by atoms with Gasteiger partial charge in [-0.05, 0) is 53.6 Å². The van der Waals surface area contributed by atoms with Gasteiger partial charge in [-0.15, -0.1) is 0 Å². The molecule has 5 heteroatoms. The number of nitrogens with zero attached hydrogens (tertiary/aromatic N) is 3. The Kier molecular flexibility index (Phi) is 5.54. The number of halogens is 1. The summed E-state index contributed by atoms with van der Waals surface area (Å²) in [7, 11) is 1.94. The van der Waals surface area contributed by atoms with Gasteiger partial charge in [0.2, 0.25) is 0 Å². The number of aromatic nitrogens is 3. The average Bonchev–Trinajstić information content (AvgIpc) is 2.83. The van der Waals surface area contributed by atoms with Crippen LogP contribution in [-0.4, -0.2) is 21.3 Å². The van der Waals surface area contributed by atoms with Crippen LogP contribution in [0.25, 0.3) is 0 Å². The normalized spacial score (nSPS) is 12.6. The highest BCUT2D eigenvalue weighted by atomic mass is 127. The second kappa shape index (κ2) is 7.17. The molecule has 1 heterocycles. The first-order valence-electron chi connectivity index (χ1n) is 6.94. The summed E-state index contributed by atoms with van der Waals surface area (Å²) in [5.41, 5.74) is 2.67. The van der Waals surface area contributed by atoms with Crippen molar-refractivity contribution in [3.05, 3.63) is 45.0 Å². The van der Waals surface area contributed by atoms with Gasteiger partial charge < -0.3 is 5.32 Å². The zero-order valence-corrected chi connectivity index (χ0v) is 14.4. The van der Waals surface area contributed by atoms with E-state index in [-0.39, 0.29) is 6.04 Å². The lowest BCUT2D eigenvalue weighted by Gasteiger charge is -2.20. The van der Waals surface area contributed by atoms with Crippen molar-refractivity contribution >= 4 is 22.6 Å².